The summed E-state index contributed by atoms with van der Waals surface area (Å²) in [6, 6.07) is 17.8. The lowest BCUT2D eigenvalue weighted by atomic mass is 9.59. The summed E-state index contributed by atoms with van der Waals surface area (Å²) < 4.78 is 0. The Labute approximate surface area is 155 Å². The molecule has 2 N–H and O–H groups in total. The van der Waals surface area contributed by atoms with Gasteiger partial charge in [-0.15, -0.1) is 0 Å². The maximum absolute atomic E-state index is 12.6. The zero-order valence-corrected chi connectivity index (χ0v) is 15.1. The highest BCUT2D eigenvalue weighted by Crippen LogP contribution is 2.55. The van der Waals surface area contributed by atoms with E-state index in [-0.39, 0.29) is 11.8 Å². The first kappa shape index (κ1) is 16.1. The van der Waals surface area contributed by atoms with E-state index in [0.29, 0.717) is 17.8 Å². The molecule has 1 atom stereocenters. The van der Waals surface area contributed by atoms with Crippen LogP contribution in [0, 0.1) is 11.8 Å². The Hall–Kier alpha value is -2.13. The van der Waals surface area contributed by atoms with E-state index >= 15 is 0 Å². The van der Waals surface area contributed by atoms with Crippen LogP contribution in [0.1, 0.15) is 53.4 Å². The molecule has 1 amide bonds. The van der Waals surface area contributed by atoms with E-state index < -0.39 is 0 Å². The summed E-state index contributed by atoms with van der Waals surface area (Å²) in [5.41, 5.74) is 5.95. The summed E-state index contributed by atoms with van der Waals surface area (Å²) >= 11 is 0. The Morgan fingerprint density at radius 2 is 1.50 bits per heavy atom. The lowest BCUT2D eigenvalue weighted by Crippen LogP contribution is -2.43. The Kier molecular flexibility index (Phi) is 4.05. The van der Waals surface area contributed by atoms with E-state index in [9.17, 15) is 4.79 Å². The minimum atomic E-state index is 0.191. The van der Waals surface area contributed by atoms with Gasteiger partial charge in [-0.05, 0) is 60.5 Å². The van der Waals surface area contributed by atoms with E-state index in [1.54, 1.807) is 0 Å². The molecule has 1 aliphatic heterocycles. The lowest BCUT2D eigenvalue weighted by Gasteiger charge is -2.45. The number of hydrogen-bond donors (Lipinski definition) is 2. The molecular weight excluding hydrogens is 320 g/mol. The third-order valence-electron chi connectivity index (χ3n) is 6.67. The summed E-state index contributed by atoms with van der Waals surface area (Å²) in [5.74, 6) is 1.84. The van der Waals surface area contributed by atoms with Gasteiger partial charge < -0.3 is 10.6 Å². The first-order valence-electron chi connectivity index (χ1n) is 9.99. The average Bonchev–Trinajstić information content (AvgIpc) is 2.73. The van der Waals surface area contributed by atoms with Crippen LogP contribution in [0.2, 0.25) is 0 Å². The second-order valence-electron chi connectivity index (χ2n) is 8.05. The predicted octanol–water partition coefficient (Wildman–Crippen LogP) is 3.40. The van der Waals surface area contributed by atoms with Crippen molar-refractivity contribution in [1.82, 2.24) is 10.6 Å². The van der Waals surface area contributed by atoms with Gasteiger partial charge in [-0.2, -0.15) is 0 Å². The molecule has 1 unspecified atom stereocenters. The van der Waals surface area contributed by atoms with E-state index in [1.807, 2.05) is 0 Å². The molecule has 3 nitrogen and oxygen atoms in total. The fourth-order valence-electron chi connectivity index (χ4n) is 5.42. The number of carbonyl (C=O) groups excluding carboxylic acids is 1. The summed E-state index contributed by atoms with van der Waals surface area (Å²) in [5, 5.41) is 6.64. The highest BCUT2D eigenvalue weighted by atomic mass is 16.1. The first-order chi connectivity index (χ1) is 12.8. The Balaban J connectivity index is 1.39. The van der Waals surface area contributed by atoms with Crippen molar-refractivity contribution in [3.05, 3.63) is 70.8 Å². The number of nitrogens with one attached hydrogen (secondary N) is 2. The average molecular weight is 346 g/mol. The molecule has 0 saturated carbocycles. The zero-order chi connectivity index (χ0) is 17.5. The SMILES string of the molecule is O=C(NCC1CC2c3ccccc3C1c1ccccc12)C1CCNCC1. The van der Waals surface area contributed by atoms with Crippen molar-refractivity contribution < 1.29 is 4.79 Å². The van der Waals surface area contributed by atoms with Crippen LogP contribution >= 0.6 is 0 Å². The number of piperidine rings is 1. The van der Waals surface area contributed by atoms with Crippen molar-refractivity contribution in [3.8, 4) is 0 Å². The quantitative estimate of drug-likeness (QED) is 0.894. The van der Waals surface area contributed by atoms with Gasteiger partial charge in [0, 0.05) is 24.3 Å². The molecule has 0 aromatic heterocycles. The Morgan fingerprint density at radius 1 is 0.923 bits per heavy atom. The zero-order valence-electron chi connectivity index (χ0n) is 15.1. The largest absolute Gasteiger partial charge is 0.356 e. The molecule has 1 heterocycles. The number of hydrogen-bond acceptors (Lipinski definition) is 2. The summed E-state index contributed by atoms with van der Waals surface area (Å²) in [6.07, 6.45) is 3.08. The molecule has 2 bridgehead atoms. The van der Waals surface area contributed by atoms with Gasteiger partial charge >= 0.3 is 0 Å². The van der Waals surface area contributed by atoms with Gasteiger partial charge in [0.1, 0.15) is 0 Å². The fourth-order valence-corrected chi connectivity index (χ4v) is 5.42. The maximum atomic E-state index is 12.6. The summed E-state index contributed by atoms with van der Waals surface area (Å²) in [4.78, 5) is 12.6. The molecule has 26 heavy (non-hydrogen) atoms. The van der Waals surface area contributed by atoms with Gasteiger partial charge in [0.2, 0.25) is 5.91 Å². The van der Waals surface area contributed by atoms with Gasteiger partial charge in [-0.25, -0.2) is 0 Å². The van der Waals surface area contributed by atoms with Gasteiger partial charge in [0.05, 0.1) is 0 Å². The van der Waals surface area contributed by atoms with Crippen LogP contribution in [-0.4, -0.2) is 25.5 Å². The number of carbonyl (C=O) groups is 1. The summed E-state index contributed by atoms with van der Waals surface area (Å²) in [7, 11) is 0. The van der Waals surface area contributed by atoms with E-state index in [1.165, 1.54) is 22.3 Å². The third-order valence-corrected chi connectivity index (χ3v) is 6.67. The lowest BCUT2D eigenvalue weighted by molar-refractivity contribution is -0.126. The van der Waals surface area contributed by atoms with E-state index in [2.05, 4.69) is 59.2 Å². The number of rotatable bonds is 3. The van der Waals surface area contributed by atoms with Crippen molar-refractivity contribution in [2.75, 3.05) is 19.6 Å². The van der Waals surface area contributed by atoms with Crippen LogP contribution in [-0.2, 0) is 4.79 Å². The van der Waals surface area contributed by atoms with Crippen molar-refractivity contribution >= 4 is 5.91 Å². The van der Waals surface area contributed by atoms with Crippen molar-refractivity contribution in [2.45, 2.75) is 31.1 Å². The van der Waals surface area contributed by atoms with Gasteiger partial charge in [-0.1, -0.05) is 48.5 Å². The highest BCUT2D eigenvalue weighted by Gasteiger charge is 2.43. The molecule has 0 radical (unpaired) electrons. The van der Waals surface area contributed by atoms with Crippen LogP contribution < -0.4 is 10.6 Å². The molecule has 3 heteroatoms. The molecular formula is C23H26N2O. The predicted molar refractivity (Wildman–Crippen MR) is 103 cm³/mol. The molecule has 2 aromatic carbocycles. The van der Waals surface area contributed by atoms with E-state index in [0.717, 1.165) is 38.9 Å². The Morgan fingerprint density at radius 3 is 2.12 bits per heavy atom. The molecule has 6 rings (SSSR count). The monoisotopic (exact) mass is 346 g/mol. The van der Waals surface area contributed by atoms with Crippen LogP contribution in [0.3, 0.4) is 0 Å². The number of amides is 1. The molecule has 0 spiro atoms. The van der Waals surface area contributed by atoms with Gasteiger partial charge in [0.15, 0.2) is 0 Å². The second kappa shape index (κ2) is 6.55. The third kappa shape index (κ3) is 2.57. The molecule has 134 valence electrons. The van der Waals surface area contributed by atoms with Crippen LogP contribution in [0.5, 0.6) is 0 Å². The molecule has 1 saturated heterocycles. The number of fused-ring (bicyclic) bond motifs is 1. The number of benzene rings is 2. The van der Waals surface area contributed by atoms with Crippen LogP contribution in [0.25, 0.3) is 0 Å². The molecule has 3 aliphatic carbocycles. The molecule has 1 fully saturated rings. The first-order valence-corrected chi connectivity index (χ1v) is 9.99. The minimum absolute atomic E-state index is 0.191. The van der Waals surface area contributed by atoms with Gasteiger partial charge in [-0.3, -0.25) is 4.79 Å². The smallest absolute Gasteiger partial charge is 0.223 e. The van der Waals surface area contributed by atoms with Crippen molar-refractivity contribution in [2.24, 2.45) is 11.8 Å². The van der Waals surface area contributed by atoms with Crippen molar-refractivity contribution in [3.63, 3.8) is 0 Å². The molecule has 2 aromatic rings. The fraction of sp³-hybridized carbons (Fsp3) is 0.435. The standard InChI is InChI=1S/C23H26N2O/c26-23(15-9-11-24-12-10-15)25-14-16-13-21-17-5-1-3-7-19(17)22(16)20-8-4-2-6-18(20)21/h1-8,15-16,21-22,24H,9-14H2,(H,25,26). The maximum Gasteiger partial charge on any atom is 0.223 e. The normalized spacial score (nSPS) is 26.8. The second-order valence-corrected chi connectivity index (χ2v) is 8.05. The topological polar surface area (TPSA) is 41.1 Å². The minimum Gasteiger partial charge on any atom is -0.356 e. The molecule has 4 aliphatic rings. The van der Waals surface area contributed by atoms with Crippen LogP contribution in [0.15, 0.2) is 48.5 Å². The summed E-state index contributed by atoms with van der Waals surface area (Å²) in [6.45, 7) is 2.73. The van der Waals surface area contributed by atoms with E-state index in [4.69, 9.17) is 0 Å². The van der Waals surface area contributed by atoms with Gasteiger partial charge in [0.25, 0.3) is 0 Å². The van der Waals surface area contributed by atoms with Crippen molar-refractivity contribution in [1.29, 1.82) is 0 Å². The Bertz CT molecular complexity index is 777. The van der Waals surface area contributed by atoms with Crippen LogP contribution in [0.4, 0.5) is 0 Å². The highest BCUT2D eigenvalue weighted by molar-refractivity contribution is 5.78.